The van der Waals surface area contributed by atoms with Gasteiger partial charge in [-0.15, -0.1) is 0 Å². The molecule has 0 radical (unpaired) electrons. The van der Waals surface area contributed by atoms with Gasteiger partial charge in [0.1, 0.15) is 11.9 Å². The van der Waals surface area contributed by atoms with Crippen LogP contribution in [0.3, 0.4) is 0 Å². The van der Waals surface area contributed by atoms with E-state index in [1.54, 1.807) is 24.3 Å². The van der Waals surface area contributed by atoms with E-state index in [0.717, 1.165) is 10.9 Å². The van der Waals surface area contributed by atoms with Crippen molar-refractivity contribution in [2.24, 2.45) is 0 Å². The molecule has 0 saturated carbocycles. The Labute approximate surface area is 131 Å². The SMILES string of the molecule is O=C(Cc1cc2ccccc2[nH]c1=O)NCC(O)c1ccco1. The first-order chi connectivity index (χ1) is 11.1. The number of hydrogen-bond acceptors (Lipinski definition) is 4. The van der Waals surface area contributed by atoms with Crippen molar-refractivity contribution < 1.29 is 14.3 Å². The van der Waals surface area contributed by atoms with Gasteiger partial charge in [-0.05, 0) is 29.7 Å². The molecule has 1 amide bonds. The lowest BCUT2D eigenvalue weighted by Crippen LogP contribution is -2.31. The Balaban J connectivity index is 1.66. The molecule has 118 valence electrons. The fourth-order valence-electron chi connectivity index (χ4n) is 2.35. The Morgan fingerprint density at radius 1 is 1.26 bits per heavy atom. The van der Waals surface area contributed by atoms with Crippen molar-refractivity contribution in [2.75, 3.05) is 6.54 Å². The van der Waals surface area contributed by atoms with E-state index >= 15 is 0 Å². The van der Waals surface area contributed by atoms with Gasteiger partial charge in [-0.2, -0.15) is 0 Å². The molecule has 23 heavy (non-hydrogen) atoms. The summed E-state index contributed by atoms with van der Waals surface area (Å²) in [6.07, 6.45) is 0.490. The highest BCUT2D eigenvalue weighted by molar-refractivity contribution is 5.82. The molecule has 3 rings (SSSR count). The lowest BCUT2D eigenvalue weighted by atomic mass is 10.1. The summed E-state index contributed by atoms with van der Waals surface area (Å²) in [7, 11) is 0. The van der Waals surface area contributed by atoms with E-state index in [-0.39, 0.29) is 24.4 Å². The summed E-state index contributed by atoms with van der Waals surface area (Å²) < 4.78 is 5.06. The number of para-hydroxylation sites is 1. The fraction of sp³-hybridized carbons (Fsp3) is 0.176. The summed E-state index contributed by atoms with van der Waals surface area (Å²) in [4.78, 5) is 26.7. The van der Waals surface area contributed by atoms with Crippen molar-refractivity contribution in [3.8, 4) is 0 Å². The number of carbonyl (C=O) groups is 1. The van der Waals surface area contributed by atoms with E-state index in [1.165, 1.54) is 6.26 Å². The average Bonchev–Trinajstić information content (AvgIpc) is 3.08. The van der Waals surface area contributed by atoms with E-state index < -0.39 is 6.10 Å². The van der Waals surface area contributed by atoms with Crippen molar-refractivity contribution in [3.05, 3.63) is 70.4 Å². The monoisotopic (exact) mass is 312 g/mol. The van der Waals surface area contributed by atoms with E-state index in [2.05, 4.69) is 10.3 Å². The highest BCUT2D eigenvalue weighted by Crippen LogP contribution is 2.12. The second-order valence-electron chi connectivity index (χ2n) is 5.22. The zero-order valence-electron chi connectivity index (χ0n) is 12.3. The van der Waals surface area contributed by atoms with Gasteiger partial charge >= 0.3 is 0 Å². The number of furan rings is 1. The first kappa shape index (κ1) is 15.1. The fourth-order valence-corrected chi connectivity index (χ4v) is 2.35. The van der Waals surface area contributed by atoms with Crippen LogP contribution in [0.1, 0.15) is 17.4 Å². The van der Waals surface area contributed by atoms with Gasteiger partial charge in [-0.3, -0.25) is 9.59 Å². The lowest BCUT2D eigenvalue weighted by molar-refractivity contribution is -0.121. The van der Waals surface area contributed by atoms with Crippen LogP contribution in [0.4, 0.5) is 0 Å². The Morgan fingerprint density at radius 3 is 2.87 bits per heavy atom. The Morgan fingerprint density at radius 2 is 2.09 bits per heavy atom. The number of hydrogen-bond donors (Lipinski definition) is 3. The highest BCUT2D eigenvalue weighted by Gasteiger charge is 2.13. The average molecular weight is 312 g/mol. The van der Waals surface area contributed by atoms with Gasteiger partial charge in [0.05, 0.1) is 19.2 Å². The molecule has 3 aromatic rings. The minimum atomic E-state index is -0.913. The van der Waals surface area contributed by atoms with Crippen LogP contribution in [-0.4, -0.2) is 22.5 Å². The molecule has 0 spiro atoms. The number of fused-ring (bicyclic) bond motifs is 1. The molecule has 0 aliphatic rings. The highest BCUT2D eigenvalue weighted by atomic mass is 16.4. The second kappa shape index (κ2) is 6.50. The molecule has 0 aliphatic carbocycles. The number of benzene rings is 1. The van der Waals surface area contributed by atoms with E-state index in [1.807, 2.05) is 18.2 Å². The Bertz CT molecular complexity index is 868. The van der Waals surface area contributed by atoms with Crippen molar-refractivity contribution in [2.45, 2.75) is 12.5 Å². The molecule has 1 aromatic carbocycles. The molecule has 0 saturated heterocycles. The van der Waals surface area contributed by atoms with Crippen LogP contribution in [0.2, 0.25) is 0 Å². The molecule has 3 N–H and O–H groups in total. The maximum absolute atomic E-state index is 12.0. The van der Waals surface area contributed by atoms with Crippen molar-refractivity contribution in [3.63, 3.8) is 0 Å². The van der Waals surface area contributed by atoms with Gasteiger partial charge in [0.2, 0.25) is 5.91 Å². The maximum Gasteiger partial charge on any atom is 0.252 e. The number of pyridine rings is 1. The zero-order valence-corrected chi connectivity index (χ0v) is 12.3. The van der Waals surface area contributed by atoms with Gasteiger partial charge in [0, 0.05) is 11.1 Å². The number of aliphatic hydroxyl groups is 1. The second-order valence-corrected chi connectivity index (χ2v) is 5.22. The van der Waals surface area contributed by atoms with E-state index in [4.69, 9.17) is 4.42 Å². The molecule has 6 nitrogen and oxygen atoms in total. The molecule has 0 aliphatic heterocycles. The lowest BCUT2D eigenvalue weighted by Gasteiger charge is -2.09. The Hall–Kier alpha value is -2.86. The molecule has 6 heteroatoms. The van der Waals surface area contributed by atoms with Gasteiger partial charge in [0.25, 0.3) is 5.56 Å². The van der Waals surface area contributed by atoms with Crippen LogP contribution in [0.25, 0.3) is 10.9 Å². The summed E-state index contributed by atoms with van der Waals surface area (Å²) in [6, 6.07) is 12.4. The third-order valence-corrected chi connectivity index (χ3v) is 3.55. The summed E-state index contributed by atoms with van der Waals surface area (Å²) >= 11 is 0. The van der Waals surface area contributed by atoms with Crippen molar-refractivity contribution in [1.82, 2.24) is 10.3 Å². The number of aromatic amines is 1. The van der Waals surface area contributed by atoms with Crippen molar-refractivity contribution >= 4 is 16.8 Å². The summed E-state index contributed by atoms with van der Waals surface area (Å²) in [5, 5.41) is 13.3. The third-order valence-electron chi connectivity index (χ3n) is 3.55. The molecular formula is C17H16N2O4. The van der Waals surface area contributed by atoms with Gasteiger partial charge in [0.15, 0.2) is 0 Å². The summed E-state index contributed by atoms with van der Waals surface area (Å²) in [6.45, 7) is 0.0256. The number of amides is 1. The molecule has 2 aromatic heterocycles. The van der Waals surface area contributed by atoms with Crippen LogP contribution < -0.4 is 10.9 Å². The number of rotatable bonds is 5. The number of carbonyl (C=O) groups excluding carboxylic acids is 1. The number of aromatic nitrogens is 1. The van der Waals surface area contributed by atoms with Gasteiger partial charge in [-0.25, -0.2) is 0 Å². The normalized spacial score (nSPS) is 12.2. The molecular weight excluding hydrogens is 296 g/mol. The maximum atomic E-state index is 12.0. The number of H-pyrrole nitrogens is 1. The topological polar surface area (TPSA) is 95.3 Å². The zero-order chi connectivity index (χ0) is 16.2. The number of aliphatic hydroxyl groups excluding tert-OH is 1. The molecule has 0 bridgehead atoms. The minimum absolute atomic E-state index is 0.0256. The van der Waals surface area contributed by atoms with Crippen LogP contribution in [-0.2, 0) is 11.2 Å². The molecule has 0 fully saturated rings. The Kier molecular flexibility index (Phi) is 4.25. The first-order valence-corrected chi connectivity index (χ1v) is 7.22. The summed E-state index contributed by atoms with van der Waals surface area (Å²) in [5.41, 5.74) is 0.828. The first-order valence-electron chi connectivity index (χ1n) is 7.22. The van der Waals surface area contributed by atoms with E-state index in [9.17, 15) is 14.7 Å². The third kappa shape index (κ3) is 3.49. The van der Waals surface area contributed by atoms with Crippen LogP contribution in [0, 0.1) is 0 Å². The van der Waals surface area contributed by atoms with E-state index in [0.29, 0.717) is 11.3 Å². The van der Waals surface area contributed by atoms with Crippen molar-refractivity contribution in [1.29, 1.82) is 0 Å². The molecule has 1 unspecified atom stereocenters. The predicted octanol–water partition coefficient (Wildman–Crippen LogP) is 1.51. The standard InChI is InChI=1S/C17H16N2O4/c20-14(15-6-3-7-23-15)10-18-16(21)9-12-8-11-4-1-2-5-13(11)19-17(12)22/h1-8,14,20H,9-10H2,(H,18,21)(H,19,22). The van der Waals surface area contributed by atoms with Crippen LogP contribution >= 0.6 is 0 Å². The largest absolute Gasteiger partial charge is 0.467 e. The van der Waals surface area contributed by atoms with Gasteiger partial charge < -0.3 is 19.8 Å². The predicted molar refractivity (Wildman–Crippen MR) is 85.0 cm³/mol. The molecule has 2 heterocycles. The van der Waals surface area contributed by atoms with Crippen LogP contribution in [0.5, 0.6) is 0 Å². The van der Waals surface area contributed by atoms with Gasteiger partial charge in [-0.1, -0.05) is 18.2 Å². The minimum Gasteiger partial charge on any atom is -0.467 e. The number of nitrogens with one attached hydrogen (secondary N) is 2. The smallest absolute Gasteiger partial charge is 0.252 e. The quantitative estimate of drug-likeness (QED) is 0.665. The van der Waals surface area contributed by atoms with Crippen LogP contribution in [0.15, 0.2) is 57.9 Å². The molecule has 1 atom stereocenters. The summed E-state index contributed by atoms with van der Waals surface area (Å²) in [5.74, 6) is 0.0465.